The minimum atomic E-state index is -0.166. The van der Waals surface area contributed by atoms with Gasteiger partial charge in [-0.15, -0.1) is 0 Å². The zero-order valence-electron chi connectivity index (χ0n) is 9.40. The molecular weight excluding hydrogens is 232 g/mol. The Kier molecular flexibility index (Phi) is 5.45. The molecule has 0 bridgehead atoms. The number of ketones is 1. The fourth-order valence-electron chi connectivity index (χ4n) is 1.25. The molecule has 90 valence electrons. The van der Waals surface area contributed by atoms with E-state index in [-0.39, 0.29) is 12.4 Å². The van der Waals surface area contributed by atoms with Crippen LogP contribution in [0.4, 0.5) is 0 Å². The van der Waals surface area contributed by atoms with Crippen LogP contribution in [0.3, 0.4) is 0 Å². The van der Waals surface area contributed by atoms with Crippen LogP contribution in [-0.4, -0.2) is 42.5 Å². The Hall–Kier alpha value is -0.910. The Morgan fingerprint density at radius 2 is 2.31 bits per heavy atom. The lowest BCUT2D eigenvalue weighted by Gasteiger charge is -2.05. The minimum Gasteiger partial charge on any atom is -0.382 e. The molecule has 1 rings (SSSR count). The number of aromatic nitrogens is 2. The number of rotatable bonds is 7. The highest BCUT2D eigenvalue weighted by molar-refractivity contribution is 6.33. The van der Waals surface area contributed by atoms with Gasteiger partial charge in [0.25, 0.3) is 0 Å². The second-order valence-corrected chi connectivity index (χ2v) is 3.53. The van der Waals surface area contributed by atoms with E-state index >= 15 is 0 Å². The molecule has 0 radical (unpaired) electrons. The number of aryl methyl sites for hydroxylation is 1. The Morgan fingerprint density at radius 3 is 2.94 bits per heavy atom. The fourth-order valence-corrected chi connectivity index (χ4v) is 1.50. The summed E-state index contributed by atoms with van der Waals surface area (Å²) in [6.45, 7) is 3.35. The first-order valence-electron chi connectivity index (χ1n) is 5.01. The summed E-state index contributed by atoms with van der Waals surface area (Å²) in [6.07, 6.45) is 1.47. The number of carbonyl (C=O) groups excluding carboxylic acids is 1. The maximum atomic E-state index is 11.8. The monoisotopic (exact) mass is 246 g/mol. The normalized spacial score (nSPS) is 10.7. The van der Waals surface area contributed by atoms with Crippen molar-refractivity contribution >= 4 is 17.4 Å². The fraction of sp³-hybridized carbons (Fsp3) is 0.600. The van der Waals surface area contributed by atoms with E-state index in [1.54, 1.807) is 11.8 Å². The molecule has 0 spiro atoms. The van der Waals surface area contributed by atoms with Gasteiger partial charge in [-0.25, -0.2) is 0 Å². The van der Waals surface area contributed by atoms with E-state index in [1.165, 1.54) is 6.20 Å². The van der Waals surface area contributed by atoms with E-state index in [0.29, 0.717) is 30.5 Å². The molecule has 16 heavy (non-hydrogen) atoms. The molecule has 0 fully saturated rings. The van der Waals surface area contributed by atoms with Gasteiger partial charge in [0.1, 0.15) is 12.3 Å². The van der Waals surface area contributed by atoms with Crippen LogP contribution < -0.4 is 0 Å². The number of halogens is 1. The molecule has 0 saturated carbocycles. The highest BCUT2D eigenvalue weighted by Crippen LogP contribution is 2.15. The maximum Gasteiger partial charge on any atom is 0.207 e. The molecule has 1 aromatic rings. The van der Waals surface area contributed by atoms with Gasteiger partial charge in [-0.1, -0.05) is 11.6 Å². The molecule has 0 atom stereocenters. The highest BCUT2D eigenvalue weighted by Gasteiger charge is 2.16. The van der Waals surface area contributed by atoms with Crippen molar-refractivity contribution in [2.24, 2.45) is 0 Å². The van der Waals surface area contributed by atoms with Crippen molar-refractivity contribution in [1.29, 1.82) is 0 Å². The van der Waals surface area contributed by atoms with Crippen molar-refractivity contribution < 1.29 is 14.3 Å². The smallest absolute Gasteiger partial charge is 0.207 e. The van der Waals surface area contributed by atoms with Crippen LogP contribution in [0.25, 0.3) is 0 Å². The second-order valence-electron chi connectivity index (χ2n) is 3.13. The summed E-state index contributed by atoms with van der Waals surface area (Å²) < 4.78 is 11.5. The lowest BCUT2D eigenvalue weighted by Crippen LogP contribution is -2.16. The van der Waals surface area contributed by atoms with E-state index in [9.17, 15) is 4.79 Å². The van der Waals surface area contributed by atoms with Crippen molar-refractivity contribution in [1.82, 2.24) is 9.78 Å². The predicted molar refractivity (Wildman–Crippen MR) is 59.9 cm³/mol. The SMILES string of the molecule is CCn1ncc(Cl)c1C(=O)COCCOC. The van der Waals surface area contributed by atoms with E-state index in [1.807, 2.05) is 6.92 Å². The van der Waals surface area contributed by atoms with Crippen LogP contribution in [0.2, 0.25) is 5.02 Å². The average Bonchev–Trinajstić information content (AvgIpc) is 2.65. The molecule has 0 unspecified atom stereocenters. The van der Waals surface area contributed by atoms with Gasteiger partial charge in [0.15, 0.2) is 0 Å². The van der Waals surface area contributed by atoms with Crippen molar-refractivity contribution in [2.45, 2.75) is 13.5 Å². The first-order chi connectivity index (χ1) is 7.70. The van der Waals surface area contributed by atoms with Crippen LogP contribution in [0.1, 0.15) is 17.4 Å². The van der Waals surface area contributed by atoms with Crippen LogP contribution in [0.5, 0.6) is 0 Å². The summed E-state index contributed by atoms with van der Waals surface area (Å²) in [4.78, 5) is 11.8. The lowest BCUT2D eigenvalue weighted by molar-refractivity contribution is 0.0569. The van der Waals surface area contributed by atoms with Crippen molar-refractivity contribution in [2.75, 3.05) is 26.9 Å². The largest absolute Gasteiger partial charge is 0.382 e. The van der Waals surface area contributed by atoms with Crippen molar-refractivity contribution in [3.05, 3.63) is 16.9 Å². The third-order valence-electron chi connectivity index (χ3n) is 2.02. The summed E-state index contributed by atoms with van der Waals surface area (Å²) in [6, 6.07) is 0. The first kappa shape index (κ1) is 13.2. The number of carbonyl (C=O) groups is 1. The molecule has 5 nitrogen and oxygen atoms in total. The highest BCUT2D eigenvalue weighted by atomic mass is 35.5. The number of hydrogen-bond donors (Lipinski definition) is 0. The lowest BCUT2D eigenvalue weighted by atomic mass is 10.3. The summed E-state index contributed by atoms with van der Waals surface area (Å²) in [5.74, 6) is -0.166. The summed E-state index contributed by atoms with van der Waals surface area (Å²) in [5, 5.41) is 4.35. The standard InChI is InChI=1S/C10H15ClN2O3/c1-3-13-10(8(11)6-12-13)9(14)7-16-5-4-15-2/h6H,3-5,7H2,1-2H3. The Bertz CT molecular complexity index is 352. The quantitative estimate of drug-likeness (QED) is 0.539. The number of methoxy groups -OCH3 is 1. The second kappa shape index (κ2) is 6.62. The summed E-state index contributed by atoms with van der Waals surface area (Å²) >= 11 is 5.87. The Balaban J connectivity index is 2.55. The topological polar surface area (TPSA) is 53.4 Å². The summed E-state index contributed by atoms with van der Waals surface area (Å²) in [5.41, 5.74) is 0.404. The molecule has 6 heteroatoms. The molecule has 0 aromatic carbocycles. The van der Waals surface area contributed by atoms with E-state index in [0.717, 1.165) is 0 Å². The third kappa shape index (κ3) is 3.30. The zero-order chi connectivity index (χ0) is 12.0. The van der Waals surface area contributed by atoms with Gasteiger partial charge >= 0.3 is 0 Å². The van der Waals surface area contributed by atoms with Gasteiger partial charge in [0, 0.05) is 13.7 Å². The summed E-state index contributed by atoms with van der Waals surface area (Å²) in [7, 11) is 1.58. The number of ether oxygens (including phenoxy) is 2. The van der Waals surface area contributed by atoms with Crippen LogP contribution >= 0.6 is 11.6 Å². The van der Waals surface area contributed by atoms with Crippen LogP contribution in [0, 0.1) is 0 Å². The van der Waals surface area contributed by atoms with E-state index in [4.69, 9.17) is 21.1 Å². The molecule has 1 heterocycles. The molecule has 0 aliphatic carbocycles. The zero-order valence-corrected chi connectivity index (χ0v) is 10.2. The van der Waals surface area contributed by atoms with Gasteiger partial charge in [0.2, 0.25) is 5.78 Å². The predicted octanol–water partition coefficient (Wildman–Crippen LogP) is 1.40. The third-order valence-corrected chi connectivity index (χ3v) is 2.30. The number of Topliss-reactive ketones (excluding diaryl/α,β-unsaturated/α-hetero) is 1. The molecule has 0 N–H and O–H groups in total. The Morgan fingerprint density at radius 1 is 1.56 bits per heavy atom. The Labute approximate surface area is 99.3 Å². The van der Waals surface area contributed by atoms with Gasteiger partial charge < -0.3 is 9.47 Å². The molecular formula is C10H15ClN2O3. The molecule has 0 amide bonds. The minimum absolute atomic E-state index is 0.00519. The molecule has 1 aromatic heterocycles. The average molecular weight is 247 g/mol. The van der Waals surface area contributed by atoms with E-state index in [2.05, 4.69) is 5.10 Å². The van der Waals surface area contributed by atoms with Crippen molar-refractivity contribution in [3.8, 4) is 0 Å². The van der Waals surface area contributed by atoms with Gasteiger partial charge in [-0.05, 0) is 6.92 Å². The van der Waals surface area contributed by atoms with Crippen LogP contribution in [0.15, 0.2) is 6.20 Å². The number of nitrogens with zero attached hydrogens (tertiary/aromatic N) is 2. The van der Waals surface area contributed by atoms with Gasteiger partial charge in [-0.2, -0.15) is 5.10 Å². The van der Waals surface area contributed by atoms with Crippen LogP contribution in [-0.2, 0) is 16.0 Å². The van der Waals surface area contributed by atoms with Gasteiger partial charge in [0.05, 0.1) is 24.4 Å². The molecule has 0 saturated heterocycles. The first-order valence-corrected chi connectivity index (χ1v) is 5.39. The molecule has 0 aliphatic heterocycles. The number of hydrogen-bond acceptors (Lipinski definition) is 4. The maximum absolute atomic E-state index is 11.8. The van der Waals surface area contributed by atoms with Gasteiger partial charge in [-0.3, -0.25) is 9.48 Å². The van der Waals surface area contributed by atoms with Crippen molar-refractivity contribution in [3.63, 3.8) is 0 Å². The van der Waals surface area contributed by atoms with E-state index < -0.39 is 0 Å². The molecule has 0 aliphatic rings.